The van der Waals surface area contributed by atoms with Gasteiger partial charge in [0.15, 0.2) is 11.5 Å². The highest BCUT2D eigenvalue weighted by Gasteiger charge is 2.50. The number of aromatic nitrogens is 4. The zero-order chi connectivity index (χ0) is 33.0. The Hall–Kier alpha value is -5.00. The molecule has 2 fully saturated rings. The van der Waals surface area contributed by atoms with Crippen molar-refractivity contribution >= 4 is 12.1 Å². The third-order valence-electron chi connectivity index (χ3n) is 8.97. The summed E-state index contributed by atoms with van der Waals surface area (Å²) in [7, 11) is 3.25. The second-order valence-corrected chi connectivity index (χ2v) is 13.6. The average molecular weight is 641 g/mol. The van der Waals surface area contributed by atoms with E-state index in [4.69, 9.17) is 9.47 Å². The van der Waals surface area contributed by atoms with Crippen LogP contribution in [0.25, 0.3) is 0 Å². The van der Waals surface area contributed by atoms with E-state index in [1.807, 2.05) is 68.0 Å². The van der Waals surface area contributed by atoms with Crippen LogP contribution in [0.5, 0.6) is 11.5 Å². The molecule has 0 spiro atoms. The fourth-order valence-corrected chi connectivity index (χ4v) is 7.30. The van der Waals surface area contributed by atoms with Gasteiger partial charge in [0.25, 0.3) is 0 Å². The van der Waals surface area contributed by atoms with Gasteiger partial charge in [-0.25, -0.2) is 9.59 Å². The van der Waals surface area contributed by atoms with Crippen LogP contribution in [0.15, 0.2) is 73.3 Å². The second-order valence-electron chi connectivity index (χ2n) is 13.6. The Labute approximate surface area is 275 Å². The van der Waals surface area contributed by atoms with Gasteiger partial charge in [0.05, 0.1) is 52.1 Å². The lowest BCUT2D eigenvalue weighted by Crippen LogP contribution is -2.65. The van der Waals surface area contributed by atoms with Crippen LogP contribution < -0.4 is 20.1 Å². The van der Waals surface area contributed by atoms with Gasteiger partial charge in [0.2, 0.25) is 0 Å². The van der Waals surface area contributed by atoms with Crippen LogP contribution in [0, 0.1) is 10.8 Å². The summed E-state index contributed by atoms with van der Waals surface area (Å²) < 4.78 is 14.1. The zero-order valence-electron chi connectivity index (χ0n) is 27.6. The summed E-state index contributed by atoms with van der Waals surface area (Å²) in [5.41, 5.74) is 3.84. The molecule has 2 bridgehead atoms. The summed E-state index contributed by atoms with van der Waals surface area (Å²) in [5.74, 6) is 1.44. The molecular formula is C35H44N8O4. The third-order valence-corrected chi connectivity index (χ3v) is 8.97. The Kier molecular flexibility index (Phi) is 9.10. The lowest BCUT2D eigenvalue weighted by atomic mass is 9.65. The van der Waals surface area contributed by atoms with E-state index in [0.29, 0.717) is 52.4 Å². The molecule has 0 aliphatic carbocycles. The number of methoxy groups -OCH3 is 2. The molecule has 0 unspecified atom stereocenters. The number of hydrogen-bond acceptors (Lipinski definition) is 6. The maximum Gasteiger partial charge on any atom is 0.317 e. The quantitative estimate of drug-likeness (QED) is 0.266. The molecule has 2 saturated heterocycles. The van der Waals surface area contributed by atoms with Gasteiger partial charge in [-0.2, -0.15) is 10.2 Å². The number of nitrogens with zero attached hydrogens (tertiary/aromatic N) is 6. The van der Waals surface area contributed by atoms with Crippen molar-refractivity contribution in [2.24, 2.45) is 10.8 Å². The van der Waals surface area contributed by atoms with E-state index in [9.17, 15) is 9.59 Å². The van der Waals surface area contributed by atoms with Crippen molar-refractivity contribution in [2.45, 2.75) is 46.4 Å². The first kappa shape index (κ1) is 32.0. The molecule has 12 nitrogen and oxygen atoms in total. The lowest BCUT2D eigenvalue weighted by Gasteiger charge is -2.56. The number of nitrogens with one attached hydrogen (secondary N) is 2. The van der Waals surface area contributed by atoms with E-state index >= 15 is 0 Å². The smallest absolute Gasteiger partial charge is 0.317 e. The highest BCUT2D eigenvalue weighted by molar-refractivity contribution is 5.76. The summed E-state index contributed by atoms with van der Waals surface area (Å²) in [6.07, 6.45) is 8.06. The third kappa shape index (κ3) is 7.87. The molecule has 6 rings (SSSR count). The molecule has 248 valence electrons. The van der Waals surface area contributed by atoms with E-state index in [1.54, 1.807) is 26.6 Å². The van der Waals surface area contributed by atoms with E-state index in [2.05, 4.69) is 46.8 Å². The molecule has 47 heavy (non-hydrogen) atoms. The molecule has 2 aliphatic rings. The molecule has 0 atom stereocenters. The highest BCUT2D eigenvalue weighted by Crippen LogP contribution is 2.45. The van der Waals surface area contributed by atoms with Gasteiger partial charge >= 0.3 is 12.1 Å². The largest absolute Gasteiger partial charge is 0.493 e. The average Bonchev–Trinajstić information content (AvgIpc) is 3.70. The van der Waals surface area contributed by atoms with Crippen LogP contribution in [-0.4, -0.2) is 81.8 Å². The molecule has 0 radical (unpaired) electrons. The van der Waals surface area contributed by atoms with Crippen molar-refractivity contribution in [3.05, 3.63) is 95.6 Å². The second kappa shape index (κ2) is 13.4. The van der Waals surface area contributed by atoms with Crippen LogP contribution in [0.4, 0.5) is 9.59 Å². The Balaban J connectivity index is 1.01. The van der Waals surface area contributed by atoms with Gasteiger partial charge in [0, 0.05) is 50.1 Å². The van der Waals surface area contributed by atoms with Crippen molar-refractivity contribution in [3.63, 3.8) is 0 Å². The highest BCUT2D eigenvalue weighted by atomic mass is 16.5. The number of urea groups is 2. The number of rotatable bonds is 10. The van der Waals surface area contributed by atoms with Crippen LogP contribution in [-0.2, 0) is 26.2 Å². The number of hydrogen-bond donors (Lipinski definition) is 2. The Morgan fingerprint density at radius 1 is 0.702 bits per heavy atom. The molecule has 2 aromatic carbocycles. The van der Waals surface area contributed by atoms with Crippen LogP contribution in [0.1, 0.15) is 42.5 Å². The van der Waals surface area contributed by atoms with Gasteiger partial charge in [-0.3, -0.25) is 9.36 Å². The molecular weight excluding hydrogens is 596 g/mol. The molecule has 0 saturated carbocycles. The van der Waals surface area contributed by atoms with Crippen molar-refractivity contribution in [1.82, 2.24) is 40.0 Å². The van der Waals surface area contributed by atoms with Crippen LogP contribution in [0.2, 0.25) is 0 Å². The predicted octanol–water partition coefficient (Wildman–Crippen LogP) is 4.35. The van der Waals surface area contributed by atoms with Crippen molar-refractivity contribution in [3.8, 4) is 11.5 Å². The fourth-order valence-electron chi connectivity index (χ4n) is 7.30. The first-order valence-corrected chi connectivity index (χ1v) is 16.0. The summed E-state index contributed by atoms with van der Waals surface area (Å²) in [5, 5.41) is 14.9. The molecule has 2 aromatic heterocycles. The first-order valence-electron chi connectivity index (χ1n) is 16.0. The maximum atomic E-state index is 13.4. The summed E-state index contributed by atoms with van der Waals surface area (Å²) in [6, 6.07) is 16.2. The number of ether oxygens (including phenoxy) is 2. The molecule has 4 heterocycles. The van der Waals surface area contributed by atoms with Gasteiger partial charge in [-0.1, -0.05) is 62.4 Å². The number of carbonyl (C=O) groups is 2. The normalized spacial score (nSPS) is 20.5. The monoisotopic (exact) mass is 640 g/mol. The van der Waals surface area contributed by atoms with Crippen molar-refractivity contribution < 1.29 is 19.1 Å². The van der Waals surface area contributed by atoms with Gasteiger partial charge in [-0.15, -0.1) is 0 Å². The number of fused-ring (bicyclic) bond motifs is 2. The minimum Gasteiger partial charge on any atom is -0.493 e. The SMILES string of the molecule is COc1cnn(Cc2cccc(CNC(=O)N3CC4(C)CN(C(=O)NCc5cccc(Cn6cc(OC)cn6)c5)CC(C)(C3)C4)c2)c1. The van der Waals surface area contributed by atoms with Crippen molar-refractivity contribution in [2.75, 3.05) is 40.4 Å². The van der Waals surface area contributed by atoms with E-state index in [0.717, 1.165) is 40.2 Å². The number of piperidine rings is 2. The fraction of sp³-hybridized carbons (Fsp3) is 0.429. The number of likely N-dealkylation sites (tertiary alicyclic amines) is 2. The van der Waals surface area contributed by atoms with Gasteiger partial charge < -0.3 is 29.9 Å². The molecule has 4 aromatic rings. The maximum absolute atomic E-state index is 13.4. The number of benzene rings is 2. The molecule has 12 heteroatoms. The minimum atomic E-state index is -0.199. The molecule has 2 N–H and O–H groups in total. The number of amides is 4. The molecule has 2 aliphatic heterocycles. The van der Waals surface area contributed by atoms with E-state index < -0.39 is 0 Å². The Morgan fingerprint density at radius 2 is 1.11 bits per heavy atom. The minimum absolute atomic E-state index is 0.0734. The van der Waals surface area contributed by atoms with Gasteiger partial charge in [0.1, 0.15) is 0 Å². The van der Waals surface area contributed by atoms with Crippen molar-refractivity contribution in [1.29, 1.82) is 0 Å². The number of carbonyl (C=O) groups excluding carboxylic acids is 2. The summed E-state index contributed by atoms with van der Waals surface area (Å²) in [6.45, 7) is 8.87. The summed E-state index contributed by atoms with van der Waals surface area (Å²) in [4.78, 5) is 30.7. The zero-order valence-corrected chi connectivity index (χ0v) is 27.6. The van der Waals surface area contributed by atoms with Crippen LogP contribution >= 0.6 is 0 Å². The Morgan fingerprint density at radius 3 is 1.49 bits per heavy atom. The van der Waals surface area contributed by atoms with E-state index in [-0.39, 0.29) is 22.9 Å². The first-order chi connectivity index (χ1) is 22.6. The predicted molar refractivity (Wildman–Crippen MR) is 177 cm³/mol. The lowest BCUT2D eigenvalue weighted by molar-refractivity contribution is -0.0442. The topological polar surface area (TPSA) is 119 Å². The Bertz CT molecular complexity index is 1580. The molecule has 4 amide bonds. The van der Waals surface area contributed by atoms with Gasteiger partial charge in [-0.05, 0) is 28.7 Å². The summed E-state index contributed by atoms with van der Waals surface area (Å²) >= 11 is 0. The van der Waals surface area contributed by atoms with Crippen LogP contribution in [0.3, 0.4) is 0 Å². The van der Waals surface area contributed by atoms with E-state index in [1.165, 1.54) is 0 Å². The standard InChI is InChI=1S/C35H44N8O4/c1-34-21-35(2,24-40(22-34)32(44)36-13-26-7-5-9-28(11-26)17-42-19-30(46-3)15-38-42)25-41(23-34)33(45)37-14-27-8-6-10-29(12-27)18-43-20-31(47-4)16-39-43/h5-12,15-16,19-20H,13-14,17-18,21-25H2,1-4H3,(H,36,44)(H,37,45).